The normalized spacial score (nSPS) is 14.8. The Kier molecular flexibility index (Phi) is 4.94. The second kappa shape index (κ2) is 6.00. The topological polar surface area (TPSA) is 26.0 Å². The molecule has 0 aromatic heterocycles. The zero-order valence-electron chi connectivity index (χ0n) is 10.3. The number of aryl methyl sites for hydroxylation is 1. The van der Waals surface area contributed by atoms with Gasteiger partial charge >= 0.3 is 0 Å². The quantitative estimate of drug-likeness (QED) is 0.787. The smallest absolute Gasteiger partial charge is 0.127 e. The van der Waals surface area contributed by atoms with E-state index in [2.05, 4.69) is 19.1 Å². The molecule has 0 aliphatic carbocycles. The van der Waals surface area contributed by atoms with Crippen LogP contribution in [0.2, 0.25) is 0 Å². The van der Waals surface area contributed by atoms with Gasteiger partial charge in [-0.1, -0.05) is 44.5 Å². The van der Waals surface area contributed by atoms with Gasteiger partial charge in [-0.15, -0.1) is 0 Å². The van der Waals surface area contributed by atoms with E-state index in [1.165, 1.54) is 5.56 Å². The monoisotopic (exact) mass is 223 g/mol. The molecule has 1 nitrogen and oxygen atoms in total. The second-order valence-corrected chi connectivity index (χ2v) is 4.45. The van der Waals surface area contributed by atoms with Gasteiger partial charge in [-0.2, -0.15) is 0 Å². The molecule has 0 radical (unpaired) electrons. The number of alkyl halides is 1. The number of rotatable bonds is 6. The first kappa shape index (κ1) is 13.2. The van der Waals surface area contributed by atoms with Crippen molar-refractivity contribution in [3.63, 3.8) is 0 Å². The average Bonchev–Trinajstić information content (AvgIpc) is 2.30. The number of hydrogen-bond donors (Lipinski definition) is 1. The summed E-state index contributed by atoms with van der Waals surface area (Å²) in [6, 6.07) is 8.16. The SMILES string of the molecule is CCCC(F)(CN)Cc1ccc(CC)cc1. The fraction of sp³-hybridized carbons (Fsp3) is 0.571. The van der Waals surface area contributed by atoms with E-state index in [1.54, 1.807) is 0 Å². The summed E-state index contributed by atoms with van der Waals surface area (Å²) in [7, 11) is 0. The molecule has 0 saturated heterocycles. The number of hydrogen-bond acceptors (Lipinski definition) is 1. The summed E-state index contributed by atoms with van der Waals surface area (Å²) < 4.78 is 14.3. The Bertz CT molecular complexity index is 307. The molecule has 16 heavy (non-hydrogen) atoms. The molecule has 0 heterocycles. The Hall–Kier alpha value is -0.890. The Labute approximate surface area is 97.9 Å². The van der Waals surface area contributed by atoms with Gasteiger partial charge in [-0.3, -0.25) is 0 Å². The molecule has 90 valence electrons. The molecule has 1 aromatic carbocycles. The van der Waals surface area contributed by atoms with Gasteiger partial charge in [0.05, 0.1) is 0 Å². The summed E-state index contributed by atoms with van der Waals surface area (Å²) >= 11 is 0. The predicted octanol–water partition coefficient (Wildman–Crippen LogP) is 3.26. The first-order valence-corrected chi connectivity index (χ1v) is 6.10. The molecule has 0 aliphatic heterocycles. The molecule has 0 fully saturated rings. The lowest BCUT2D eigenvalue weighted by Gasteiger charge is -2.23. The first-order valence-electron chi connectivity index (χ1n) is 6.10. The second-order valence-electron chi connectivity index (χ2n) is 4.45. The van der Waals surface area contributed by atoms with Crippen molar-refractivity contribution in [1.82, 2.24) is 0 Å². The summed E-state index contributed by atoms with van der Waals surface area (Å²) in [6.07, 6.45) is 2.83. The van der Waals surface area contributed by atoms with Crippen molar-refractivity contribution in [3.8, 4) is 0 Å². The van der Waals surface area contributed by atoms with Gasteiger partial charge in [-0.05, 0) is 24.0 Å². The largest absolute Gasteiger partial charge is 0.328 e. The third kappa shape index (κ3) is 3.60. The number of nitrogens with two attached hydrogens (primary N) is 1. The zero-order valence-corrected chi connectivity index (χ0v) is 10.3. The van der Waals surface area contributed by atoms with Gasteiger partial charge in [0.1, 0.15) is 5.67 Å². The fourth-order valence-corrected chi connectivity index (χ4v) is 1.97. The fourth-order valence-electron chi connectivity index (χ4n) is 1.97. The summed E-state index contributed by atoms with van der Waals surface area (Å²) in [5.41, 5.74) is 6.62. The van der Waals surface area contributed by atoms with E-state index in [0.717, 1.165) is 18.4 Å². The lowest BCUT2D eigenvalue weighted by molar-refractivity contribution is 0.158. The van der Waals surface area contributed by atoms with Crippen molar-refractivity contribution in [2.75, 3.05) is 6.54 Å². The highest BCUT2D eigenvalue weighted by atomic mass is 19.1. The van der Waals surface area contributed by atoms with E-state index in [9.17, 15) is 4.39 Å². The van der Waals surface area contributed by atoms with E-state index in [-0.39, 0.29) is 6.54 Å². The maximum absolute atomic E-state index is 14.3. The molecule has 0 bridgehead atoms. The van der Waals surface area contributed by atoms with E-state index >= 15 is 0 Å². The van der Waals surface area contributed by atoms with Gasteiger partial charge < -0.3 is 5.73 Å². The van der Waals surface area contributed by atoms with Crippen LogP contribution in [0.25, 0.3) is 0 Å². The minimum atomic E-state index is -1.23. The van der Waals surface area contributed by atoms with Crippen molar-refractivity contribution in [3.05, 3.63) is 35.4 Å². The third-order valence-corrected chi connectivity index (χ3v) is 3.02. The van der Waals surface area contributed by atoms with Gasteiger partial charge in [0, 0.05) is 13.0 Å². The average molecular weight is 223 g/mol. The molecule has 1 atom stereocenters. The Morgan fingerprint density at radius 1 is 1.12 bits per heavy atom. The number of benzene rings is 1. The van der Waals surface area contributed by atoms with Gasteiger partial charge in [0.25, 0.3) is 0 Å². The Balaban J connectivity index is 2.70. The summed E-state index contributed by atoms with van der Waals surface area (Å²) in [4.78, 5) is 0. The van der Waals surface area contributed by atoms with Crippen LogP contribution in [0.5, 0.6) is 0 Å². The van der Waals surface area contributed by atoms with Gasteiger partial charge in [0.15, 0.2) is 0 Å². The minimum absolute atomic E-state index is 0.108. The van der Waals surface area contributed by atoms with Crippen molar-refractivity contribution in [2.45, 2.75) is 45.2 Å². The summed E-state index contributed by atoms with van der Waals surface area (Å²) in [5.74, 6) is 0. The van der Waals surface area contributed by atoms with Gasteiger partial charge in [-0.25, -0.2) is 4.39 Å². The van der Waals surface area contributed by atoms with Crippen LogP contribution < -0.4 is 5.73 Å². The predicted molar refractivity (Wildman–Crippen MR) is 67.3 cm³/mol. The molecule has 1 unspecified atom stereocenters. The molecule has 0 aliphatic rings. The van der Waals surface area contributed by atoms with Crippen LogP contribution in [0.15, 0.2) is 24.3 Å². The molecule has 2 N–H and O–H groups in total. The van der Waals surface area contributed by atoms with E-state index < -0.39 is 5.67 Å². The lowest BCUT2D eigenvalue weighted by atomic mass is 9.91. The van der Waals surface area contributed by atoms with Crippen LogP contribution in [0.1, 0.15) is 37.8 Å². The van der Waals surface area contributed by atoms with E-state index in [0.29, 0.717) is 12.8 Å². The zero-order chi connectivity index (χ0) is 12.0. The van der Waals surface area contributed by atoms with Crippen LogP contribution in [0, 0.1) is 0 Å². The first-order chi connectivity index (χ1) is 7.63. The number of halogens is 1. The lowest BCUT2D eigenvalue weighted by Crippen LogP contribution is -2.35. The van der Waals surface area contributed by atoms with E-state index in [4.69, 9.17) is 5.73 Å². The van der Waals surface area contributed by atoms with Crippen molar-refractivity contribution in [1.29, 1.82) is 0 Å². The molecule has 0 amide bonds. The molecule has 1 aromatic rings. The van der Waals surface area contributed by atoms with Crippen LogP contribution >= 0.6 is 0 Å². The highest BCUT2D eigenvalue weighted by Gasteiger charge is 2.26. The maximum Gasteiger partial charge on any atom is 0.127 e. The molecule has 0 spiro atoms. The highest BCUT2D eigenvalue weighted by Crippen LogP contribution is 2.23. The maximum atomic E-state index is 14.3. The van der Waals surface area contributed by atoms with Crippen LogP contribution in [0.3, 0.4) is 0 Å². The highest BCUT2D eigenvalue weighted by molar-refractivity contribution is 5.23. The van der Waals surface area contributed by atoms with Crippen LogP contribution in [-0.2, 0) is 12.8 Å². The van der Waals surface area contributed by atoms with Crippen molar-refractivity contribution in [2.24, 2.45) is 5.73 Å². The molecule has 2 heteroatoms. The minimum Gasteiger partial charge on any atom is -0.328 e. The Morgan fingerprint density at radius 2 is 1.69 bits per heavy atom. The summed E-state index contributed by atoms with van der Waals surface area (Å²) in [5, 5.41) is 0. The van der Waals surface area contributed by atoms with Crippen molar-refractivity contribution >= 4 is 0 Å². The Morgan fingerprint density at radius 3 is 2.12 bits per heavy atom. The van der Waals surface area contributed by atoms with Gasteiger partial charge in [0.2, 0.25) is 0 Å². The molecule has 1 rings (SSSR count). The molecular formula is C14H22FN. The van der Waals surface area contributed by atoms with Crippen molar-refractivity contribution < 1.29 is 4.39 Å². The standard InChI is InChI=1S/C14H22FN/c1-3-9-14(15,11-16)10-13-7-5-12(4-2)6-8-13/h5-8H,3-4,9-11,16H2,1-2H3. The third-order valence-electron chi connectivity index (χ3n) is 3.02. The molecule has 0 saturated carbocycles. The van der Waals surface area contributed by atoms with E-state index in [1.807, 2.05) is 19.1 Å². The van der Waals surface area contributed by atoms with Crippen LogP contribution in [-0.4, -0.2) is 12.2 Å². The van der Waals surface area contributed by atoms with Crippen LogP contribution in [0.4, 0.5) is 4.39 Å². The summed E-state index contributed by atoms with van der Waals surface area (Å²) in [6.45, 7) is 4.21. The molecular weight excluding hydrogens is 201 g/mol.